The molecule has 0 aliphatic carbocycles. The molecule has 0 unspecified atom stereocenters. The Morgan fingerprint density at radius 3 is 2.41 bits per heavy atom. The van der Waals surface area contributed by atoms with Crippen LogP contribution < -0.4 is 9.46 Å². The molecular weight excluding hydrogens is 408 g/mol. The summed E-state index contributed by atoms with van der Waals surface area (Å²) < 4.78 is 33.7. The van der Waals surface area contributed by atoms with Crippen molar-refractivity contribution in [2.24, 2.45) is 0 Å². The first-order chi connectivity index (χ1) is 14.0. The second kappa shape index (κ2) is 9.54. The maximum Gasteiger partial charge on any atom is 0.262 e. The van der Waals surface area contributed by atoms with Crippen LogP contribution in [0.5, 0.6) is 5.75 Å². The lowest BCUT2D eigenvalue weighted by molar-refractivity contribution is 0.0758. The second-order valence-corrected chi connectivity index (χ2v) is 9.40. The molecule has 1 heterocycles. The van der Waals surface area contributed by atoms with Crippen molar-refractivity contribution in [2.45, 2.75) is 35.5 Å². The maximum absolute atomic E-state index is 13.1. The molecule has 2 aromatic carbocycles. The van der Waals surface area contributed by atoms with Crippen molar-refractivity contribution in [1.29, 1.82) is 0 Å². The van der Waals surface area contributed by atoms with E-state index in [1.54, 1.807) is 30.3 Å². The number of ether oxygens (including phenoxy) is 1. The zero-order valence-corrected chi connectivity index (χ0v) is 18.3. The van der Waals surface area contributed by atoms with Crippen LogP contribution in [0.1, 0.15) is 36.0 Å². The molecule has 1 amide bonds. The fourth-order valence-corrected chi connectivity index (χ4v) is 5.06. The normalized spacial score (nSPS) is 14.9. The number of anilines is 1. The molecule has 0 atom stereocenters. The standard InChI is InChI=1S/C21H26N2O4S2/c1-27-19-10-6-5-9-18(19)22-29(25,26)16-11-12-20(28-2)17(15-16)21(24)23-13-7-3-4-8-14-23/h5-6,9-12,15,22H,3-4,7-8,13-14H2,1-2H3. The lowest BCUT2D eigenvalue weighted by atomic mass is 10.2. The smallest absolute Gasteiger partial charge is 0.262 e. The van der Waals surface area contributed by atoms with Gasteiger partial charge in [0.05, 0.1) is 23.3 Å². The van der Waals surface area contributed by atoms with Crippen LogP contribution >= 0.6 is 11.8 Å². The lowest BCUT2D eigenvalue weighted by Crippen LogP contribution is -2.32. The van der Waals surface area contributed by atoms with Gasteiger partial charge in [-0.1, -0.05) is 25.0 Å². The van der Waals surface area contributed by atoms with Gasteiger partial charge in [-0.3, -0.25) is 9.52 Å². The van der Waals surface area contributed by atoms with Crippen molar-refractivity contribution in [2.75, 3.05) is 31.2 Å². The van der Waals surface area contributed by atoms with Crippen LogP contribution in [0.3, 0.4) is 0 Å². The zero-order chi connectivity index (χ0) is 20.9. The van der Waals surface area contributed by atoms with E-state index < -0.39 is 10.0 Å². The van der Waals surface area contributed by atoms with Crippen molar-refractivity contribution in [3.8, 4) is 5.75 Å². The van der Waals surface area contributed by atoms with E-state index in [0.29, 0.717) is 30.1 Å². The van der Waals surface area contributed by atoms with Crippen molar-refractivity contribution in [1.82, 2.24) is 4.90 Å². The third-order valence-electron chi connectivity index (χ3n) is 4.96. The molecule has 0 saturated carbocycles. The highest BCUT2D eigenvalue weighted by Gasteiger charge is 2.24. The predicted molar refractivity (Wildman–Crippen MR) is 116 cm³/mol. The van der Waals surface area contributed by atoms with Gasteiger partial charge in [0.1, 0.15) is 5.75 Å². The van der Waals surface area contributed by atoms with E-state index in [1.165, 1.54) is 31.0 Å². The molecule has 0 spiro atoms. The van der Waals surface area contributed by atoms with Crippen LogP contribution in [0.2, 0.25) is 0 Å². The minimum atomic E-state index is -3.87. The quantitative estimate of drug-likeness (QED) is 0.689. The van der Waals surface area contributed by atoms with Crippen LogP contribution in [-0.4, -0.2) is 45.7 Å². The SMILES string of the molecule is COc1ccccc1NS(=O)(=O)c1ccc(SC)c(C(=O)N2CCCCCC2)c1. The predicted octanol–water partition coefficient (Wildman–Crippen LogP) is 4.23. The summed E-state index contributed by atoms with van der Waals surface area (Å²) in [5.41, 5.74) is 0.784. The summed E-state index contributed by atoms with van der Waals surface area (Å²) in [5, 5.41) is 0. The number of carbonyl (C=O) groups is 1. The Morgan fingerprint density at radius 1 is 1.07 bits per heavy atom. The Balaban J connectivity index is 1.93. The summed E-state index contributed by atoms with van der Waals surface area (Å²) in [4.78, 5) is 15.8. The Kier molecular flexibility index (Phi) is 7.08. The monoisotopic (exact) mass is 434 g/mol. The highest BCUT2D eigenvalue weighted by Crippen LogP contribution is 2.29. The van der Waals surface area contributed by atoms with E-state index in [0.717, 1.165) is 30.6 Å². The number of carbonyl (C=O) groups excluding carboxylic acids is 1. The number of para-hydroxylation sites is 2. The molecule has 0 bridgehead atoms. The van der Waals surface area contributed by atoms with Gasteiger partial charge in [-0.15, -0.1) is 11.8 Å². The molecular formula is C21H26N2O4S2. The number of benzene rings is 2. The summed E-state index contributed by atoms with van der Waals surface area (Å²) in [6.07, 6.45) is 6.09. The van der Waals surface area contributed by atoms with Crippen LogP contribution in [0.4, 0.5) is 5.69 Å². The van der Waals surface area contributed by atoms with E-state index in [2.05, 4.69) is 4.72 Å². The number of thioether (sulfide) groups is 1. The number of likely N-dealkylation sites (tertiary alicyclic amines) is 1. The number of hydrogen-bond acceptors (Lipinski definition) is 5. The fraction of sp³-hybridized carbons (Fsp3) is 0.381. The minimum absolute atomic E-state index is 0.0550. The largest absolute Gasteiger partial charge is 0.495 e. The Hall–Kier alpha value is -2.19. The van der Waals surface area contributed by atoms with Crippen molar-refractivity contribution in [3.05, 3.63) is 48.0 Å². The average molecular weight is 435 g/mol. The summed E-state index contributed by atoms with van der Waals surface area (Å²) in [6, 6.07) is 11.5. The molecule has 1 fully saturated rings. The summed E-state index contributed by atoms with van der Waals surface area (Å²) >= 11 is 1.44. The fourth-order valence-electron chi connectivity index (χ4n) is 3.40. The van der Waals surface area contributed by atoms with Crippen molar-refractivity contribution < 1.29 is 17.9 Å². The molecule has 6 nitrogen and oxygen atoms in total. The van der Waals surface area contributed by atoms with Crippen LogP contribution in [0, 0.1) is 0 Å². The zero-order valence-electron chi connectivity index (χ0n) is 16.7. The highest BCUT2D eigenvalue weighted by molar-refractivity contribution is 7.98. The molecule has 1 aliphatic rings. The van der Waals surface area contributed by atoms with Crippen LogP contribution in [0.25, 0.3) is 0 Å². The number of rotatable bonds is 6. The highest BCUT2D eigenvalue weighted by atomic mass is 32.2. The third-order valence-corrected chi connectivity index (χ3v) is 7.12. The average Bonchev–Trinajstić information content (AvgIpc) is 3.02. The Bertz CT molecular complexity index is 968. The van der Waals surface area contributed by atoms with E-state index in [1.807, 2.05) is 11.2 Å². The molecule has 29 heavy (non-hydrogen) atoms. The summed E-state index contributed by atoms with van der Waals surface area (Å²) in [7, 11) is -2.39. The molecule has 8 heteroatoms. The van der Waals surface area contributed by atoms with Crippen molar-refractivity contribution in [3.63, 3.8) is 0 Å². The van der Waals surface area contributed by atoms with Crippen LogP contribution in [-0.2, 0) is 10.0 Å². The molecule has 0 aromatic heterocycles. The number of hydrogen-bond donors (Lipinski definition) is 1. The topological polar surface area (TPSA) is 75.7 Å². The number of nitrogens with zero attached hydrogens (tertiary/aromatic N) is 1. The third kappa shape index (κ3) is 5.05. The first-order valence-corrected chi connectivity index (χ1v) is 12.3. The Labute approximate surface area is 176 Å². The van der Waals surface area contributed by atoms with Gasteiger partial charge >= 0.3 is 0 Å². The molecule has 2 aromatic rings. The van der Waals surface area contributed by atoms with Gasteiger partial charge in [0.2, 0.25) is 0 Å². The Morgan fingerprint density at radius 2 is 1.76 bits per heavy atom. The van der Waals surface area contributed by atoms with E-state index in [-0.39, 0.29) is 10.8 Å². The van der Waals surface area contributed by atoms with Crippen LogP contribution in [0.15, 0.2) is 52.3 Å². The number of amides is 1. The maximum atomic E-state index is 13.1. The number of methoxy groups -OCH3 is 1. The number of sulfonamides is 1. The first kappa shape index (κ1) is 21.5. The van der Waals surface area contributed by atoms with E-state index in [4.69, 9.17) is 4.74 Å². The van der Waals surface area contributed by atoms with Gasteiger partial charge < -0.3 is 9.64 Å². The first-order valence-electron chi connectivity index (χ1n) is 9.59. The summed E-state index contributed by atoms with van der Waals surface area (Å²) in [5.74, 6) is 0.322. The minimum Gasteiger partial charge on any atom is -0.495 e. The lowest BCUT2D eigenvalue weighted by Gasteiger charge is -2.22. The summed E-state index contributed by atoms with van der Waals surface area (Å²) in [6.45, 7) is 1.42. The molecule has 1 saturated heterocycles. The number of nitrogens with one attached hydrogen (secondary N) is 1. The molecule has 156 valence electrons. The molecule has 1 aliphatic heterocycles. The van der Waals surface area contributed by atoms with E-state index in [9.17, 15) is 13.2 Å². The van der Waals surface area contributed by atoms with Gasteiger partial charge in [0.15, 0.2) is 0 Å². The van der Waals surface area contributed by atoms with Gasteiger partial charge in [-0.2, -0.15) is 0 Å². The molecule has 0 radical (unpaired) electrons. The molecule has 1 N–H and O–H groups in total. The van der Waals surface area contributed by atoms with Gasteiger partial charge in [0, 0.05) is 18.0 Å². The van der Waals surface area contributed by atoms with Gasteiger partial charge in [-0.05, 0) is 49.4 Å². The van der Waals surface area contributed by atoms with Crippen molar-refractivity contribution >= 4 is 33.4 Å². The molecule has 3 rings (SSSR count). The van der Waals surface area contributed by atoms with Gasteiger partial charge in [-0.25, -0.2) is 8.42 Å². The second-order valence-electron chi connectivity index (χ2n) is 6.87. The van der Waals surface area contributed by atoms with Gasteiger partial charge in [0.25, 0.3) is 15.9 Å². The van der Waals surface area contributed by atoms with E-state index >= 15 is 0 Å².